The highest BCUT2D eigenvalue weighted by Crippen LogP contribution is 2.38. The Balaban J connectivity index is 6.10. The zero-order valence-corrected chi connectivity index (χ0v) is 12.6. The molecule has 0 spiro atoms. The fraction of sp³-hybridized carbons (Fsp3) is 0.400. The number of carbonyl (C=O) groups is 2. The summed E-state index contributed by atoms with van der Waals surface area (Å²) in [5.74, 6) is -12.1. The summed E-state index contributed by atoms with van der Waals surface area (Å²) in [5.41, 5.74) is 0. The summed E-state index contributed by atoms with van der Waals surface area (Å²) in [7, 11) is -6.26. The van der Waals surface area contributed by atoms with Crippen LogP contribution < -0.4 is 5.32 Å². The van der Waals surface area contributed by atoms with Crippen molar-refractivity contribution in [3.05, 3.63) is 25.2 Å². The van der Waals surface area contributed by atoms with Crippen LogP contribution in [0.2, 0.25) is 0 Å². The number of hydrogen-bond acceptors (Lipinski definition) is 6. The summed E-state index contributed by atoms with van der Waals surface area (Å²) < 4.78 is 114. The summed E-state index contributed by atoms with van der Waals surface area (Å²) in [6.45, 7) is 2.27. The van der Waals surface area contributed by atoms with E-state index in [-0.39, 0.29) is 0 Å². The average molecular weight is 401 g/mol. The lowest BCUT2D eigenvalue weighted by atomic mass is 10.2. The molecule has 0 saturated carbocycles. The van der Waals surface area contributed by atoms with Gasteiger partial charge in [0.15, 0.2) is 0 Å². The topological polar surface area (TPSA) is 119 Å². The normalized spacial score (nSPS) is 15.0. The van der Waals surface area contributed by atoms with Crippen LogP contribution in [0.3, 0.4) is 0 Å². The molecule has 0 aliphatic heterocycles. The van der Waals surface area contributed by atoms with Crippen LogP contribution in [0.1, 0.15) is 0 Å². The van der Waals surface area contributed by atoms with Crippen LogP contribution in [0.4, 0.5) is 26.3 Å². The van der Waals surface area contributed by atoms with Gasteiger partial charge in [-0.2, -0.15) is 34.8 Å². The van der Waals surface area contributed by atoms with E-state index in [9.17, 15) is 44.3 Å². The second-order valence-corrected chi connectivity index (χ2v) is 5.53. The third-order valence-corrected chi connectivity index (χ3v) is 3.06. The summed E-state index contributed by atoms with van der Waals surface area (Å²) in [5, 5.41) is -4.13. The van der Waals surface area contributed by atoms with Gasteiger partial charge in [-0.3, -0.25) is 9.35 Å². The minimum atomic E-state index is -6.26. The molecule has 1 amide bonds. The molecule has 1 atom stereocenters. The van der Waals surface area contributed by atoms with Crippen LogP contribution in [0, 0.1) is 0 Å². The van der Waals surface area contributed by atoms with E-state index in [2.05, 4.69) is 22.6 Å². The Morgan fingerprint density at radius 2 is 1.68 bits per heavy atom. The second kappa shape index (κ2) is 7.40. The zero-order chi connectivity index (χ0) is 20.3. The van der Waals surface area contributed by atoms with E-state index in [4.69, 9.17) is 4.55 Å². The van der Waals surface area contributed by atoms with Crippen LogP contribution in [0.5, 0.6) is 0 Å². The van der Waals surface area contributed by atoms with Crippen molar-refractivity contribution >= 4 is 22.0 Å². The first kappa shape index (κ1) is 22.9. The third kappa shape index (κ3) is 5.17. The van der Waals surface area contributed by atoms with Crippen LogP contribution in [-0.2, 0) is 29.2 Å². The highest BCUT2D eigenvalue weighted by atomic mass is 32.2. The lowest BCUT2D eigenvalue weighted by Gasteiger charge is -2.33. The van der Waals surface area contributed by atoms with Gasteiger partial charge in [-0.15, -0.1) is 0 Å². The van der Waals surface area contributed by atoms with Crippen molar-refractivity contribution in [2.45, 2.75) is 17.2 Å². The Kier molecular flexibility index (Phi) is 6.77. The van der Waals surface area contributed by atoms with Crippen LogP contribution in [-0.4, -0.2) is 48.7 Å². The predicted octanol–water partition coefficient (Wildman–Crippen LogP) is 1.03. The van der Waals surface area contributed by atoms with Crippen molar-refractivity contribution in [2.24, 2.45) is 0 Å². The van der Waals surface area contributed by atoms with E-state index in [1.807, 2.05) is 0 Å². The van der Waals surface area contributed by atoms with Crippen LogP contribution >= 0.6 is 0 Å². The van der Waals surface area contributed by atoms with Gasteiger partial charge in [0.25, 0.3) is 0 Å². The fourth-order valence-electron chi connectivity index (χ4n) is 1.04. The number of esters is 1. The van der Waals surface area contributed by atoms with Crippen molar-refractivity contribution in [3.63, 3.8) is 0 Å². The third-order valence-electron chi connectivity index (χ3n) is 2.18. The number of carbonyl (C=O) groups excluding carboxylic acids is 2. The van der Waals surface area contributed by atoms with Crippen LogP contribution in [0.15, 0.2) is 25.2 Å². The highest BCUT2D eigenvalue weighted by molar-refractivity contribution is 7.86. The molecule has 25 heavy (non-hydrogen) atoms. The van der Waals surface area contributed by atoms with Gasteiger partial charge < -0.3 is 14.8 Å². The molecule has 0 fully saturated rings. The Morgan fingerprint density at radius 3 is 2.00 bits per heavy atom. The number of halogens is 6. The molecule has 0 aliphatic carbocycles. The molecular weight excluding hydrogens is 392 g/mol. The molecule has 0 aromatic heterocycles. The van der Waals surface area contributed by atoms with E-state index in [1.165, 1.54) is 5.32 Å². The molecule has 0 aromatic carbocycles. The van der Waals surface area contributed by atoms with Gasteiger partial charge in [-0.05, 0) is 6.20 Å². The maximum absolute atomic E-state index is 13.1. The van der Waals surface area contributed by atoms with Gasteiger partial charge in [-0.25, -0.2) is 4.79 Å². The molecule has 1 unspecified atom stereocenters. The largest absolute Gasteiger partial charge is 0.466 e. The molecule has 0 aliphatic rings. The zero-order valence-electron chi connectivity index (χ0n) is 11.8. The minimum absolute atomic E-state index is 0.297. The SMILES string of the molecule is C=CNC(=O)C(OCC(F)(F)S(=O)(=O)O)(OC(=O)C(=C)F)C(F)(F)F. The Bertz CT molecular complexity index is 674. The first-order valence-electron chi connectivity index (χ1n) is 5.57. The molecule has 0 saturated heterocycles. The highest BCUT2D eigenvalue weighted by Gasteiger charge is 2.67. The number of rotatable bonds is 8. The number of nitrogens with one attached hydrogen (secondary N) is 1. The lowest BCUT2D eigenvalue weighted by molar-refractivity contribution is -0.352. The molecule has 2 N–H and O–H groups in total. The minimum Gasteiger partial charge on any atom is -0.410 e. The van der Waals surface area contributed by atoms with Gasteiger partial charge >= 0.3 is 39.2 Å². The summed E-state index contributed by atoms with van der Waals surface area (Å²) in [4.78, 5) is 22.5. The Labute approximate surface area is 135 Å². The van der Waals surface area contributed by atoms with Gasteiger partial charge in [0, 0.05) is 0 Å². The summed E-state index contributed by atoms with van der Waals surface area (Å²) >= 11 is 0. The van der Waals surface area contributed by atoms with Crippen molar-refractivity contribution in [2.75, 3.05) is 6.61 Å². The van der Waals surface area contributed by atoms with E-state index >= 15 is 0 Å². The second-order valence-electron chi connectivity index (χ2n) is 3.99. The maximum atomic E-state index is 13.1. The fourth-order valence-corrected chi connectivity index (χ4v) is 1.25. The van der Waals surface area contributed by atoms with E-state index in [0.717, 1.165) is 0 Å². The van der Waals surface area contributed by atoms with Crippen molar-refractivity contribution < 1.29 is 58.4 Å². The lowest BCUT2D eigenvalue weighted by Crippen LogP contribution is -2.62. The maximum Gasteiger partial charge on any atom is 0.466 e. The molecule has 0 radical (unpaired) electrons. The van der Waals surface area contributed by atoms with E-state index < -0.39 is 51.6 Å². The van der Waals surface area contributed by atoms with Gasteiger partial charge in [0.1, 0.15) is 6.61 Å². The molecule has 8 nitrogen and oxygen atoms in total. The molecule has 0 aromatic rings. The van der Waals surface area contributed by atoms with E-state index in [1.54, 1.807) is 0 Å². The standard InChI is InChI=1S/C10H9F6NO7S/c1-3-17-7(19)9(10(14,15)16,24-6(18)5(2)11)23-4-8(12,13)25(20,21)22/h3H,1-2,4H2,(H,17,19)(H,20,21,22). The molecule has 15 heteroatoms. The summed E-state index contributed by atoms with van der Waals surface area (Å²) in [6.07, 6.45) is -5.80. The van der Waals surface area contributed by atoms with Crippen molar-refractivity contribution in [3.8, 4) is 0 Å². The number of ether oxygens (including phenoxy) is 2. The smallest absolute Gasteiger partial charge is 0.410 e. The predicted molar refractivity (Wildman–Crippen MR) is 65.9 cm³/mol. The molecule has 0 rings (SSSR count). The number of alkyl halides is 5. The summed E-state index contributed by atoms with van der Waals surface area (Å²) in [6, 6.07) is 0. The molecule has 0 bridgehead atoms. The quantitative estimate of drug-likeness (QED) is 0.205. The van der Waals surface area contributed by atoms with Gasteiger partial charge in [0.2, 0.25) is 5.83 Å². The van der Waals surface area contributed by atoms with E-state index in [0.29, 0.717) is 6.20 Å². The van der Waals surface area contributed by atoms with Crippen molar-refractivity contribution in [1.82, 2.24) is 5.32 Å². The molecule has 0 heterocycles. The number of amides is 1. The monoisotopic (exact) mass is 401 g/mol. The van der Waals surface area contributed by atoms with Crippen LogP contribution in [0.25, 0.3) is 0 Å². The molecular formula is C10H9F6NO7S. The molecule has 144 valence electrons. The van der Waals surface area contributed by atoms with Gasteiger partial charge in [-0.1, -0.05) is 13.2 Å². The average Bonchev–Trinajstić information content (AvgIpc) is 2.40. The Morgan fingerprint density at radius 1 is 1.20 bits per heavy atom. The Hall–Kier alpha value is -2.13. The van der Waals surface area contributed by atoms with Crippen molar-refractivity contribution in [1.29, 1.82) is 0 Å². The first-order valence-corrected chi connectivity index (χ1v) is 7.01. The first-order chi connectivity index (χ1) is 11.0. The number of hydrogen-bond donors (Lipinski definition) is 2. The van der Waals surface area contributed by atoms with Gasteiger partial charge in [0.05, 0.1) is 0 Å².